The molecular formula is C18H18N4O2S. The first kappa shape index (κ1) is 15.8. The van der Waals surface area contributed by atoms with Crippen LogP contribution in [0.1, 0.15) is 24.8 Å². The lowest BCUT2D eigenvalue weighted by Gasteiger charge is -2.12. The number of para-hydroxylation sites is 2. The molecule has 4 rings (SSSR count). The molecule has 3 aromatic heterocycles. The van der Waals surface area contributed by atoms with Gasteiger partial charge in [-0.05, 0) is 32.0 Å². The first-order valence-electron chi connectivity index (χ1n) is 8.11. The Morgan fingerprint density at radius 3 is 2.72 bits per heavy atom. The molecule has 7 heteroatoms. The molecule has 25 heavy (non-hydrogen) atoms. The standard InChI is InChI=1S/C18H18N4O2S/c1-11(2)22-17-13(16(23)20(3)18(22)24)8-12(25-17)9-21-10-19-14-6-4-5-7-15(14)21/h4-8,10-11H,9H2,1-3H3. The van der Waals surface area contributed by atoms with Crippen LogP contribution in [0.25, 0.3) is 21.3 Å². The third-order valence-corrected chi connectivity index (χ3v) is 5.50. The summed E-state index contributed by atoms with van der Waals surface area (Å²) in [4.78, 5) is 31.1. The van der Waals surface area contributed by atoms with Gasteiger partial charge in [-0.15, -0.1) is 11.3 Å². The quantitative estimate of drug-likeness (QED) is 0.568. The molecule has 0 radical (unpaired) electrons. The average molecular weight is 354 g/mol. The number of imidazole rings is 1. The van der Waals surface area contributed by atoms with Crippen LogP contribution in [0.15, 0.2) is 46.2 Å². The number of aromatic nitrogens is 4. The molecule has 0 aliphatic carbocycles. The fraction of sp³-hybridized carbons (Fsp3) is 0.278. The number of nitrogens with zero attached hydrogens (tertiary/aromatic N) is 4. The number of fused-ring (bicyclic) bond motifs is 2. The van der Waals surface area contributed by atoms with Crippen LogP contribution in [0.3, 0.4) is 0 Å². The third kappa shape index (κ3) is 2.42. The van der Waals surface area contributed by atoms with Crippen LogP contribution >= 0.6 is 11.3 Å². The summed E-state index contributed by atoms with van der Waals surface area (Å²) in [7, 11) is 1.53. The van der Waals surface area contributed by atoms with Crippen LogP contribution in [0, 0.1) is 0 Å². The smallest absolute Gasteiger partial charge is 0.325 e. The molecule has 0 fully saturated rings. The van der Waals surface area contributed by atoms with Crippen molar-refractivity contribution in [3.8, 4) is 0 Å². The predicted molar refractivity (Wildman–Crippen MR) is 101 cm³/mol. The van der Waals surface area contributed by atoms with Gasteiger partial charge < -0.3 is 4.57 Å². The Labute approximate surface area is 147 Å². The lowest BCUT2D eigenvalue weighted by Crippen LogP contribution is -2.38. The van der Waals surface area contributed by atoms with E-state index in [1.165, 1.54) is 23.0 Å². The second-order valence-corrected chi connectivity index (χ2v) is 7.52. The van der Waals surface area contributed by atoms with Gasteiger partial charge in [-0.3, -0.25) is 13.9 Å². The van der Waals surface area contributed by atoms with E-state index in [0.717, 1.165) is 20.7 Å². The fourth-order valence-corrected chi connectivity index (χ4v) is 4.39. The van der Waals surface area contributed by atoms with Gasteiger partial charge in [0, 0.05) is 18.0 Å². The molecular weight excluding hydrogens is 336 g/mol. The number of thiophene rings is 1. The van der Waals surface area contributed by atoms with Gasteiger partial charge in [0.25, 0.3) is 5.56 Å². The van der Waals surface area contributed by atoms with Crippen molar-refractivity contribution in [3.63, 3.8) is 0 Å². The summed E-state index contributed by atoms with van der Waals surface area (Å²) in [5.74, 6) is 0. The zero-order chi connectivity index (χ0) is 17.7. The van der Waals surface area contributed by atoms with Gasteiger partial charge >= 0.3 is 5.69 Å². The van der Waals surface area contributed by atoms with Gasteiger partial charge in [0.1, 0.15) is 4.83 Å². The van der Waals surface area contributed by atoms with Crippen molar-refractivity contribution in [2.45, 2.75) is 26.4 Å². The molecule has 0 atom stereocenters. The summed E-state index contributed by atoms with van der Waals surface area (Å²) < 4.78 is 4.94. The van der Waals surface area contributed by atoms with E-state index in [9.17, 15) is 9.59 Å². The zero-order valence-corrected chi connectivity index (χ0v) is 15.1. The highest BCUT2D eigenvalue weighted by Crippen LogP contribution is 2.26. The van der Waals surface area contributed by atoms with Crippen molar-refractivity contribution in [1.82, 2.24) is 18.7 Å². The van der Waals surface area contributed by atoms with E-state index >= 15 is 0 Å². The molecule has 6 nitrogen and oxygen atoms in total. The molecule has 0 spiro atoms. The first-order valence-corrected chi connectivity index (χ1v) is 8.93. The SMILES string of the molecule is CC(C)n1c(=O)n(C)c(=O)c2cc(Cn3cnc4ccccc43)sc21. The Kier molecular flexibility index (Phi) is 3.61. The van der Waals surface area contributed by atoms with Crippen molar-refractivity contribution in [3.05, 3.63) is 62.4 Å². The van der Waals surface area contributed by atoms with Crippen LogP contribution in [0.4, 0.5) is 0 Å². The van der Waals surface area contributed by atoms with Crippen LogP contribution in [-0.2, 0) is 13.6 Å². The summed E-state index contributed by atoms with van der Waals surface area (Å²) in [5, 5.41) is 0.597. The maximum Gasteiger partial charge on any atom is 0.332 e. The molecule has 4 aromatic rings. The third-order valence-electron chi connectivity index (χ3n) is 4.38. The summed E-state index contributed by atoms with van der Waals surface area (Å²) in [6.07, 6.45) is 1.81. The Morgan fingerprint density at radius 1 is 1.20 bits per heavy atom. The van der Waals surface area contributed by atoms with Crippen LogP contribution in [-0.4, -0.2) is 18.7 Å². The molecule has 128 valence electrons. The lowest BCUT2D eigenvalue weighted by atomic mass is 10.3. The van der Waals surface area contributed by atoms with Crippen LogP contribution in [0.5, 0.6) is 0 Å². The summed E-state index contributed by atoms with van der Waals surface area (Å²) in [5.41, 5.74) is 1.48. The molecule has 0 saturated heterocycles. The van der Waals surface area contributed by atoms with Crippen molar-refractivity contribution in [2.75, 3.05) is 0 Å². The highest BCUT2D eigenvalue weighted by atomic mass is 32.1. The van der Waals surface area contributed by atoms with Crippen LogP contribution < -0.4 is 11.2 Å². The van der Waals surface area contributed by atoms with E-state index in [4.69, 9.17) is 0 Å². The predicted octanol–water partition coefficient (Wildman–Crippen LogP) is 2.74. The van der Waals surface area contributed by atoms with Crippen molar-refractivity contribution in [1.29, 1.82) is 0 Å². The van der Waals surface area contributed by atoms with E-state index in [0.29, 0.717) is 11.9 Å². The minimum absolute atomic E-state index is 0.0117. The molecule has 0 bridgehead atoms. The molecule has 0 saturated carbocycles. The van der Waals surface area contributed by atoms with Crippen molar-refractivity contribution < 1.29 is 0 Å². The summed E-state index contributed by atoms with van der Waals surface area (Å²) in [6, 6.07) is 9.83. The first-order chi connectivity index (χ1) is 12.0. The zero-order valence-electron chi connectivity index (χ0n) is 14.3. The van der Waals surface area contributed by atoms with E-state index in [1.54, 1.807) is 4.57 Å². The Morgan fingerprint density at radius 2 is 1.96 bits per heavy atom. The molecule has 3 heterocycles. The van der Waals surface area contributed by atoms with Crippen LogP contribution in [0.2, 0.25) is 0 Å². The number of benzene rings is 1. The normalized spacial score (nSPS) is 11.8. The molecule has 0 unspecified atom stereocenters. The van der Waals surface area contributed by atoms with Crippen molar-refractivity contribution >= 4 is 32.6 Å². The molecule has 0 aliphatic rings. The topological polar surface area (TPSA) is 61.8 Å². The van der Waals surface area contributed by atoms with Gasteiger partial charge in [-0.25, -0.2) is 9.78 Å². The van der Waals surface area contributed by atoms with E-state index in [2.05, 4.69) is 9.55 Å². The second kappa shape index (κ2) is 5.70. The highest BCUT2D eigenvalue weighted by Gasteiger charge is 2.16. The van der Waals surface area contributed by atoms with E-state index in [1.807, 2.05) is 50.5 Å². The molecule has 0 amide bonds. The Balaban J connectivity index is 1.90. The van der Waals surface area contributed by atoms with Crippen molar-refractivity contribution in [2.24, 2.45) is 7.05 Å². The van der Waals surface area contributed by atoms with E-state index < -0.39 is 0 Å². The monoisotopic (exact) mass is 354 g/mol. The van der Waals surface area contributed by atoms with Gasteiger partial charge in [0.05, 0.1) is 29.3 Å². The van der Waals surface area contributed by atoms with Gasteiger partial charge in [-0.1, -0.05) is 12.1 Å². The molecule has 1 aromatic carbocycles. The number of rotatable bonds is 3. The minimum atomic E-state index is -0.269. The Hall–Kier alpha value is -2.67. The number of hydrogen-bond acceptors (Lipinski definition) is 4. The summed E-state index contributed by atoms with van der Waals surface area (Å²) >= 11 is 1.50. The fourth-order valence-electron chi connectivity index (χ4n) is 3.12. The highest BCUT2D eigenvalue weighted by molar-refractivity contribution is 7.18. The largest absolute Gasteiger partial charge is 0.332 e. The van der Waals surface area contributed by atoms with E-state index in [-0.39, 0.29) is 17.3 Å². The lowest BCUT2D eigenvalue weighted by molar-refractivity contribution is 0.559. The Bertz CT molecular complexity index is 1210. The van der Waals surface area contributed by atoms with Gasteiger partial charge in [0.2, 0.25) is 0 Å². The second-order valence-electron chi connectivity index (χ2n) is 6.40. The maximum absolute atomic E-state index is 12.5. The van der Waals surface area contributed by atoms with Gasteiger partial charge in [-0.2, -0.15) is 0 Å². The van der Waals surface area contributed by atoms with Gasteiger partial charge in [0.15, 0.2) is 0 Å². The molecule has 0 aliphatic heterocycles. The number of hydrogen-bond donors (Lipinski definition) is 0. The maximum atomic E-state index is 12.5. The minimum Gasteiger partial charge on any atom is -0.325 e. The summed E-state index contributed by atoms with van der Waals surface area (Å²) in [6.45, 7) is 4.53. The average Bonchev–Trinajstić information content (AvgIpc) is 3.18. The molecule has 0 N–H and O–H groups in total.